The number of H-pyrrole nitrogens is 1. The van der Waals surface area contributed by atoms with Crippen molar-refractivity contribution in [3.8, 4) is 0 Å². The van der Waals surface area contributed by atoms with E-state index in [2.05, 4.69) is 9.97 Å². The summed E-state index contributed by atoms with van der Waals surface area (Å²) in [5.41, 5.74) is 6.46. The summed E-state index contributed by atoms with van der Waals surface area (Å²) in [6.45, 7) is 0. The molecule has 0 spiro atoms. The number of rotatable bonds is 4. The smallest absolute Gasteiger partial charge is 0.337 e. The lowest BCUT2D eigenvalue weighted by Crippen LogP contribution is -2.39. The molecule has 0 amide bonds. The van der Waals surface area contributed by atoms with Crippen LogP contribution in [-0.4, -0.2) is 27.6 Å². The van der Waals surface area contributed by atoms with Crippen molar-refractivity contribution in [3.63, 3.8) is 0 Å². The van der Waals surface area contributed by atoms with Gasteiger partial charge in [-0.1, -0.05) is 42.5 Å². The minimum atomic E-state index is -0.712. The first-order chi connectivity index (χ1) is 14.5. The van der Waals surface area contributed by atoms with E-state index in [0.29, 0.717) is 11.1 Å². The Labute approximate surface area is 170 Å². The van der Waals surface area contributed by atoms with Crippen molar-refractivity contribution in [2.75, 3.05) is 12.8 Å². The van der Waals surface area contributed by atoms with Crippen molar-refractivity contribution in [1.29, 1.82) is 0 Å². The molecule has 8 heteroatoms. The number of pyridine rings is 1. The van der Waals surface area contributed by atoms with Crippen LogP contribution in [0.4, 0.5) is 5.82 Å². The number of ether oxygens (including phenoxy) is 1. The molecule has 0 aliphatic carbocycles. The molecule has 0 bridgehead atoms. The first-order valence-electron chi connectivity index (χ1n) is 9.14. The van der Waals surface area contributed by atoms with E-state index >= 15 is 0 Å². The second kappa shape index (κ2) is 7.67. The van der Waals surface area contributed by atoms with Gasteiger partial charge in [-0.3, -0.25) is 9.78 Å². The Morgan fingerprint density at radius 2 is 1.67 bits per heavy atom. The van der Waals surface area contributed by atoms with Gasteiger partial charge in [-0.25, -0.2) is 19.1 Å². The van der Waals surface area contributed by atoms with Gasteiger partial charge >= 0.3 is 11.7 Å². The third-order valence-electron chi connectivity index (χ3n) is 4.83. The highest BCUT2D eigenvalue weighted by Crippen LogP contribution is 2.25. The molecule has 0 aliphatic heterocycles. The number of aromatic nitrogens is 3. The predicted octanol–water partition coefficient (Wildman–Crippen LogP) is 2.09. The standard InChI is InChI=1S/C22H18N4O4/c1-30-21(28)15-9-7-14(8-10-15)18(13-5-3-2-4-6-13)26-20(27)16-11-12-17(23)24-19(16)25-22(26)29/h2-12,18H,1H3,(H3,23,24,25,29). The zero-order valence-electron chi connectivity index (χ0n) is 16.0. The molecule has 30 heavy (non-hydrogen) atoms. The molecule has 0 radical (unpaired) electrons. The maximum absolute atomic E-state index is 13.3. The van der Waals surface area contributed by atoms with E-state index in [1.165, 1.54) is 19.2 Å². The number of methoxy groups -OCH3 is 1. The van der Waals surface area contributed by atoms with Crippen LogP contribution >= 0.6 is 0 Å². The predicted molar refractivity (Wildman–Crippen MR) is 113 cm³/mol. The summed E-state index contributed by atoms with van der Waals surface area (Å²) < 4.78 is 5.88. The number of esters is 1. The average Bonchev–Trinajstić information content (AvgIpc) is 2.76. The quantitative estimate of drug-likeness (QED) is 0.505. The van der Waals surface area contributed by atoms with Crippen LogP contribution in [0.25, 0.3) is 11.0 Å². The number of carbonyl (C=O) groups is 1. The number of aromatic amines is 1. The number of hydrogen-bond acceptors (Lipinski definition) is 6. The van der Waals surface area contributed by atoms with Gasteiger partial charge in [-0.15, -0.1) is 0 Å². The molecule has 0 saturated carbocycles. The van der Waals surface area contributed by atoms with Gasteiger partial charge in [0.25, 0.3) is 5.56 Å². The van der Waals surface area contributed by atoms with Gasteiger partial charge in [-0.2, -0.15) is 0 Å². The summed E-state index contributed by atoms with van der Waals surface area (Å²) in [6.07, 6.45) is 0. The van der Waals surface area contributed by atoms with E-state index in [1.54, 1.807) is 24.3 Å². The van der Waals surface area contributed by atoms with E-state index in [4.69, 9.17) is 10.5 Å². The van der Waals surface area contributed by atoms with Gasteiger partial charge in [0.05, 0.1) is 24.1 Å². The first-order valence-corrected chi connectivity index (χ1v) is 9.14. The molecule has 4 aromatic rings. The van der Waals surface area contributed by atoms with Crippen LogP contribution in [0.15, 0.2) is 76.3 Å². The summed E-state index contributed by atoms with van der Waals surface area (Å²) in [5.74, 6) is -0.268. The van der Waals surface area contributed by atoms with Crippen LogP contribution in [0.1, 0.15) is 27.5 Å². The number of anilines is 1. The fourth-order valence-electron chi connectivity index (χ4n) is 3.41. The summed E-state index contributed by atoms with van der Waals surface area (Å²) in [5, 5.41) is 0.246. The monoisotopic (exact) mass is 402 g/mol. The van der Waals surface area contributed by atoms with E-state index < -0.39 is 23.3 Å². The van der Waals surface area contributed by atoms with Gasteiger partial charge < -0.3 is 10.5 Å². The lowest BCUT2D eigenvalue weighted by Gasteiger charge is -2.20. The lowest BCUT2D eigenvalue weighted by molar-refractivity contribution is 0.0600. The summed E-state index contributed by atoms with van der Waals surface area (Å²) in [4.78, 5) is 44.6. The number of nitrogens with one attached hydrogen (secondary N) is 1. The Kier molecular flexibility index (Phi) is 4.89. The third kappa shape index (κ3) is 3.35. The summed E-state index contributed by atoms with van der Waals surface area (Å²) in [6, 6.07) is 18.1. The van der Waals surface area contributed by atoms with Crippen LogP contribution in [-0.2, 0) is 4.74 Å². The number of benzene rings is 2. The summed E-state index contributed by atoms with van der Waals surface area (Å²) >= 11 is 0. The normalized spacial score (nSPS) is 11.9. The van der Waals surface area contributed by atoms with Crippen LogP contribution in [0.2, 0.25) is 0 Å². The largest absolute Gasteiger partial charge is 0.465 e. The van der Waals surface area contributed by atoms with E-state index in [9.17, 15) is 14.4 Å². The molecule has 3 N–H and O–H groups in total. The van der Waals surface area contributed by atoms with Gasteiger partial charge in [0.15, 0.2) is 0 Å². The van der Waals surface area contributed by atoms with E-state index in [1.807, 2.05) is 30.3 Å². The molecule has 0 saturated heterocycles. The second-order valence-corrected chi connectivity index (χ2v) is 6.66. The number of hydrogen-bond donors (Lipinski definition) is 2. The molecule has 1 unspecified atom stereocenters. The molecule has 8 nitrogen and oxygen atoms in total. The molecule has 2 aromatic heterocycles. The Morgan fingerprint density at radius 3 is 2.33 bits per heavy atom. The van der Waals surface area contributed by atoms with Crippen molar-refractivity contribution >= 4 is 22.8 Å². The average molecular weight is 402 g/mol. The topological polar surface area (TPSA) is 120 Å². The second-order valence-electron chi connectivity index (χ2n) is 6.66. The molecular formula is C22H18N4O4. The van der Waals surface area contributed by atoms with Crippen molar-refractivity contribution in [1.82, 2.24) is 14.5 Å². The zero-order chi connectivity index (χ0) is 21.3. The van der Waals surface area contributed by atoms with Crippen LogP contribution < -0.4 is 17.0 Å². The number of nitrogens with two attached hydrogens (primary N) is 1. The highest BCUT2D eigenvalue weighted by atomic mass is 16.5. The minimum absolute atomic E-state index is 0.133. The molecule has 2 aromatic carbocycles. The van der Waals surface area contributed by atoms with Crippen LogP contribution in [0, 0.1) is 0 Å². The molecule has 4 rings (SSSR count). The van der Waals surface area contributed by atoms with Crippen molar-refractivity contribution in [2.24, 2.45) is 0 Å². The van der Waals surface area contributed by atoms with Gasteiger partial charge in [-0.05, 0) is 35.4 Å². The van der Waals surface area contributed by atoms with Gasteiger partial charge in [0, 0.05) is 0 Å². The van der Waals surface area contributed by atoms with Crippen molar-refractivity contribution in [3.05, 3.63) is 104 Å². The van der Waals surface area contributed by atoms with Gasteiger partial charge in [0.1, 0.15) is 11.5 Å². The maximum atomic E-state index is 13.3. The maximum Gasteiger partial charge on any atom is 0.337 e. The molecule has 1 atom stereocenters. The van der Waals surface area contributed by atoms with E-state index in [-0.39, 0.29) is 16.9 Å². The van der Waals surface area contributed by atoms with Gasteiger partial charge in [0.2, 0.25) is 0 Å². The number of nitrogens with zero attached hydrogens (tertiary/aromatic N) is 2. The molecule has 0 fully saturated rings. The molecule has 2 heterocycles. The third-order valence-corrected chi connectivity index (χ3v) is 4.83. The fourth-order valence-corrected chi connectivity index (χ4v) is 3.41. The minimum Gasteiger partial charge on any atom is -0.465 e. The van der Waals surface area contributed by atoms with Crippen molar-refractivity contribution < 1.29 is 9.53 Å². The molecule has 150 valence electrons. The zero-order valence-corrected chi connectivity index (χ0v) is 16.0. The number of fused-ring (bicyclic) bond motifs is 1. The Balaban J connectivity index is 1.96. The molecule has 0 aliphatic rings. The Hall–Kier alpha value is -4.20. The number of carbonyl (C=O) groups excluding carboxylic acids is 1. The van der Waals surface area contributed by atoms with Crippen LogP contribution in [0.3, 0.4) is 0 Å². The fraction of sp³-hybridized carbons (Fsp3) is 0.0909. The van der Waals surface area contributed by atoms with Crippen LogP contribution in [0.5, 0.6) is 0 Å². The highest BCUT2D eigenvalue weighted by Gasteiger charge is 2.22. The Bertz CT molecular complexity index is 1340. The van der Waals surface area contributed by atoms with E-state index in [0.717, 1.165) is 10.1 Å². The number of nitrogen functional groups attached to an aromatic ring is 1. The Morgan fingerprint density at radius 1 is 1.00 bits per heavy atom. The molecular weight excluding hydrogens is 384 g/mol. The highest BCUT2D eigenvalue weighted by molar-refractivity contribution is 5.89. The SMILES string of the molecule is COC(=O)c1ccc(C(c2ccccc2)n2c(=O)[nH]c3nc(N)ccc3c2=O)cc1. The van der Waals surface area contributed by atoms with Crippen molar-refractivity contribution in [2.45, 2.75) is 6.04 Å². The lowest BCUT2D eigenvalue weighted by atomic mass is 9.97. The summed E-state index contributed by atoms with van der Waals surface area (Å²) in [7, 11) is 1.30. The first kappa shape index (κ1) is 19.1.